The Morgan fingerprint density at radius 2 is 1.95 bits per heavy atom. The second-order valence-electron chi connectivity index (χ2n) is 5.92. The van der Waals surface area contributed by atoms with E-state index in [0.717, 1.165) is 12.2 Å². The molecule has 0 aromatic heterocycles. The van der Waals surface area contributed by atoms with Crippen molar-refractivity contribution in [3.63, 3.8) is 0 Å². The molecule has 2 nitrogen and oxygen atoms in total. The molecule has 110 valence electrons. The molecule has 3 rings (SSSR count). The lowest BCUT2D eigenvalue weighted by Gasteiger charge is -2.18. The quantitative estimate of drug-likeness (QED) is 0.863. The van der Waals surface area contributed by atoms with Gasteiger partial charge in [-0.05, 0) is 56.5 Å². The van der Waals surface area contributed by atoms with Crippen LogP contribution in [0, 0.1) is 6.92 Å². The first-order valence-electron chi connectivity index (χ1n) is 7.74. The Morgan fingerprint density at radius 1 is 1.14 bits per heavy atom. The van der Waals surface area contributed by atoms with Crippen molar-refractivity contribution < 1.29 is 4.74 Å². The molecule has 21 heavy (non-hydrogen) atoms. The summed E-state index contributed by atoms with van der Waals surface area (Å²) in [6.45, 7) is 2.14. The minimum Gasteiger partial charge on any atom is -0.490 e. The number of hydrogen-bond acceptors (Lipinski definition) is 2. The predicted octanol–water partition coefficient (Wildman–Crippen LogP) is 4.04. The number of likely N-dealkylation sites (N-methyl/N-ethyl adjacent to an activating group) is 1. The summed E-state index contributed by atoms with van der Waals surface area (Å²) in [6.07, 6.45) is 3.84. The van der Waals surface area contributed by atoms with E-state index in [0.29, 0.717) is 12.1 Å². The minimum absolute atomic E-state index is 0.314. The number of benzene rings is 2. The van der Waals surface area contributed by atoms with Gasteiger partial charge in [-0.1, -0.05) is 42.0 Å². The van der Waals surface area contributed by atoms with Crippen molar-refractivity contribution in [3.8, 4) is 5.75 Å². The highest BCUT2D eigenvalue weighted by Gasteiger charge is 2.23. The summed E-state index contributed by atoms with van der Waals surface area (Å²) in [7, 11) is 2.02. The number of hydrogen-bond donors (Lipinski definition) is 1. The first-order valence-corrected chi connectivity index (χ1v) is 7.74. The Balaban J connectivity index is 1.75. The average Bonchev–Trinajstić information content (AvgIpc) is 3.29. The SMILES string of the molecule is CNC(Cc1cccc(C)c1)c1cccc(OC2CC2)c1. The van der Waals surface area contributed by atoms with Crippen molar-refractivity contribution in [1.29, 1.82) is 0 Å². The van der Waals surface area contributed by atoms with Gasteiger partial charge in [0, 0.05) is 6.04 Å². The third kappa shape index (κ3) is 3.85. The predicted molar refractivity (Wildman–Crippen MR) is 86.8 cm³/mol. The van der Waals surface area contributed by atoms with Crippen LogP contribution < -0.4 is 10.1 Å². The fraction of sp³-hybridized carbons (Fsp3) is 0.368. The van der Waals surface area contributed by atoms with Crippen molar-refractivity contribution in [3.05, 3.63) is 65.2 Å². The Morgan fingerprint density at radius 3 is 2.67 bits per heavy atom. The fourth-order valence-electron chi connectivity index (χ4n) is 2.64. The lowest BCUT2D eigenvalue weighted by atomic mass is 9.98. The molecule has 0 bridgehead atoms. The van der Waals surface area contributed by atoms with E-state index in [1.807, 2.05) is 7.05 Å². The number of rotatable bonds is 6. The molecule has 1 aliphatic carbocycles. The molecular weight excluding hydrogens is 258 g/mol. The van der Waals surface area contributed by atoms with Gasteiger partial charge in [-0.2, -0.15) is 0 Å². The van der Waals surface area contributed by atoms with Crippen molar-refractivity contribution in [2.45, 2.75) is 38.3 Å². The second kappa shape index (κ2) is 6.31. The second-order valence-corrected chi connectivity index (χ2v) is 5.92. The minimum atomic E-state index is 0.314. The topological polar surface area (TPSA) is 21.3 Å². The molecule has 0 radical (unpaired) electrons. The maximum Gasteiger partial charge on any atom is 0.120 e. The van der Waals surface area contributed by atoms with E-state index in [2.05, 4.69) is 60.8 Å². The van der Waals surface area contributed by atoms with Crippen LogP contribution in [0.1, 0.15) is 35.6 Å². The van der Waals surface area contributed by atoms with Crippen molar-refractivity contribution in [2.75, 3.05) is 7.05 Å². The highest BCUT2D eigenvalue weighted by atomic mass is 16.5. The molecule has 1 atom stereocenters. The molecule has 1 aliphatic rings. The van der Waals surface area contributed by atoms with Crippen molar-refractivity contribution >= 4 is 0 Å². The van der Waals surface area contributed by atoms with Gasteiger partial charge in [0.2, 0.25) is 0 Å². The highest BCUT2D eigenvalue weighted by molar-refractivity contribution is 5.33. The Labute approximate surface area is 127 Å². The third-order valence-corrected chi connectivity index (χ3v) is 3.96. The Kier molecular flexibility index (Phi) is 4.26. The van der Waals surface area contributed by atoms with E-state index in [-0.39, 0.29) is 0 Å². The van der Waals surface area contributed by atoms with Gasteiger partial charge < -0.3 is 10.1 Å². The molecule has 1 unspecified atom stereocenters. The molecule has 0 amide bonds. The standard InChI is InChI=1S/C19H23NO/c1-14-5-3-6-15(11-14)12-19(20-2)16-7-4-8-18(13-16)21-17-9-10-17/h3-8,11,13,17,19-20H,9-10,12H2,1-2H3. The van der Waals surface area contributed by atoms with Crippen LogP contribution in [-0.2, 0) is 6.42 Å². The summed E-state index contributed by atoms with van der Waals surface area (Å²) in [6, 6.07) is 17.5. The summed E-state index contributed by atoms with van der Waals surface area (Å²) in [5.74, 6) is 1.000. The summed E-state index contributed by atoms with van der Waals surface area (Å²) < 4.78 is 5.90. The zero-order chi connectivity index (χ0) is 14.7. The van der Waals surface area contributed by atoms with E-state index in [4.69, 9.17) is 4.74 Å². The van der Waals surface area contributed by atoms with Gasteiger partial charge in [0.25, 0.3) is 0 Å². The number of ether oxygens (including phenoxy) is 1. The number of nitrogens with one attached hydrogen (secondary N) is 1. The summed E-state index contributed by atoms with van der Waals surface area (Å²) in [5, 5.41) is 3.43. The van der Waals surface area contributed by atoms with Crippen LogP contribution in [0.5, 0.6) is 5.75 Å². The molecule has 1 fully saturated rings. The average molecular weight is 281 g/mol. The maximum atomic E-state index is 5.90. The zero-order valence-corrected chi connectivity index (χ0v) is 12.8. The summed E-state index contributed by atoms with van der Waals surface area (Å²) in [5.41, 5.74) is 3.97. The molecule has 0 aliphatic heterocycles. The van der Waals surface area contributed by atoms with Gasteiger partial charge >= 0.3 is 0 Å². The van der Waals surface area contributed by atoms with E-state index in [1.165, 1.54) is 29.5 Å². The van der Waals surface area contributed by atoms with Gasteiger partial charge in [-0.15, -0.1) is 0 Å². The van der Waals surface area contributed by atoms with Crippen LogP contribution in [0.3, 0.4) is 0 Å². The van der Waals surface area contributed by atoms with Crippen LogP contribution in [0.25, 0.3) is 0 Å². The zero-order valence-electron chi connectivity index (χ0n) is 12.8. The van der Waals surface area contributed by atoms with E-state index in [9.17, 15) is 0 Å². The molecule has 2 heteroatoms. The molecule has 2 aromatic carbocycles. The summed E-state index contributed by atoms with van der Waals surface area (Å²) in [4.78, 5) is 0. The van der Waals surface area contributed by atoms with E-state index < -0.39 is 0 Å². The van der Waals surface area contributed by atoms with Crippen molar-refractivity contribution in [2.24, 2.45) is 0 Å². The van der Waals surface area contributed by atoms with Gasteiger partial charge in [0.1, 0.15) is 5.75 Å². The van der Waals surface area contributed by atoms with Gasteiger partial charge in [-0.3, -0.25) is 0 Å². The molecule has 0 saturated heterocycles. The molecular formula is C19H23NO. The Hall–Kier alpha value is -1.80. The first kappa shape index (κ1) is 14.2. The normalized spacial score (nSPS) is 15.7. The van der Waals surface area contributed by atoms with E-state index >= 15 is 0 Å². The van der Waals surface area contributed by atoms with Gasteiger partial charge in [0.15, 0.2) is 0 Å². The molecule has 2 aromatic rings. The van der Waals surface area contributed by atoms with Crippen LogP contribution >= 0.6 is 0 Å². The monoisotopic (exact) mass is 281 g/mol. The first-order chi connectivity index (χ1) is 10.2. The molecule has 1 saturated carbocycles. The smallest absolute Gasteiger partial charge is 0.120 e. The largest absolute Gasteiger partial charge is 0.490 e. The lowest BCUT2D eigenvalue weighted by Crippen LogP contribution is -2.19. The fourth-order valence-corrected chi connectivity index (χ4v) is 2.64. The van der Waals surface area contributed by atoms with Crippen molar-refractivity contribution in [1.82, 2.24) is 5.32 Å². The molecule has 0 spiro atoms. The molecule has 0 heterocycles. The number of aryl methyl sites for hydroxylation is 1. The van der Waals surface area contributed by atoms with Crippen LogP contribution in [0.2, 0.25) is 0 Å². The summed E-state index contributed by atoms with van der Waals surface area (Å²) >= 11 is 0. The lowest BCUT2D eigenvalue weighted by molar-refractivity contribution is 0.302. The van der Waals surface area contributed by atoms with Gasteiger partial charge in [-0.25, -0.2) is 0 Å². The van der Waals surface area contributed by atoms with Gasteiger partial charge in [0.05, 0.1) is 6.10 Å². The molecule has 1 N–H and O–H groups in total. The highest BCUT2D eigenvalue weighted by Crippen LogP contribution is 2.29. The maximum absolute atomic E-state index is 5.90. The van der Waals surface area contributed by atoms with Crippen LogP contribution in [0.4, 0.5) is 0 Å². The third-order valence-electron chi connectivity index (χ3n) is 3.96. The van der Waals surface area contributed by atoms with Crippen LogP contribution in [-0.4, -0.2) is 13.2 Å². The van der Waals surface area contributed by atoms with Crippen LogP contribution in [0.15, 0.2) is 48.5 Å². The van der Waals surface area contributed by atoms with E-state index in [1.54, 1.807) is 0 Å². The Bertz CT molecular complexity index is 604.